The Balaban J connectivity index is 2.03. The van der Waals surface area contributed by atoms with E-state index in [0.29, 0.717) is 34.3 Å². The van der Waals surface area contributed by atoms with Gasteiger partial charge in [0.2, 0.25) is 10.0 Å². The SMILES string of the molecule is CCN(CC)S(=O)(=O)c1cc(C(=O)OCC(=O)NCc2ccc(Cl)cc2Cl)ccc1C. The van der Waals surface area contributed by atoms with E-state index in [-0.39, 0.29) is 17.0 Å². The van der Waals surface area contributed by atoms with Crippen LogP contribution < -0.4 is 5.32 Å². The number of carbonyl (C=O) groups excluding carboxylic acids is 2. The fraction of sp³-hybridized carbons (Fsp3) is 0.333. The van der Waals surface area contributed by atoms with Crippen molar-refractivity contribution in [2.45, 2.75) is 32.2 Å². The van der Waals surface area contributed by atoms with Crippen LogP contribution in [0, 0.1) is 6.92 Å². The molecular weight excluding hydrogens is 463 g/mol. The Morgan fingerprint density at radius 3 is 2.35 bits per heavy atom. The Morgan fingerprint density at radius 2 is 1.74 bits per heavy atom. The molecule has 2 aromatic carbocycles. The second-order valence-corrected chi connectivity index (χ2v) is 9.41. The van der Waals surface area contributed by atoms with Gasteiger partial charge in [0.15, 0.2) is 6.61 Å². The molecule has 0 atom stereocenters. The molecule has 0 aliphatic rings. The minimum Gasteiger partial charge on any atom is -0.452 e. The van der Waals surface area contributed by atoms with Crippen molar-refractivity contribution < 1.29 is 22.7 Å². The van der Waals surface area contributed by atoms with E-state index >= 15 is 0 Å². The van der Waals surface area contributed by atoms with Crippen LogP contribution in [0.3, 0.4) is 0 Å². The minimum atomic E-state index is -3.74. The molecule has 0 fully saturated rings. The van der Waals surface area contributed by atoms with E-state index in [9.17, 15) is 18.0 Å². The second-order valence-electron chi connectivity index (χ2n) is 6.66. The van der Waals surface area contributed by atoms with Gasteiger partial charge in [-0.25, -0.2) is 13.2 Å². The smallest absolute Gasteiger partial charge is 0.338 e. The lowest BCUT2D eigenvalue weighted by atomic mass is 10.1. The molecule has 0 bridgehead atoms. The third-order valence-corrected chi connectivity index (χ3v) is 7.35. The molecule has 0 heterocycles. The number of sulfonamides is 1. The molecule has 0 radical (unpaired) electrons. The Morgan fingerprint density at radius 1 is 1.06 bits per heavy atom. The average molecular weight is 487 g/mol. The zero-order valence-electron chi connectivity index (χ0n) is 17.4. The van der Waals surface area contributed by atoms with Crippen molar-refractivity contribution in [3.05, 3.63) is 63.1 Å². The van der Waals surface area contributed by atoms with Gasteiger partial charge in [0.1, 0.15) is 0 Å². The molecule has 0 saturated heterocycles. The fourth-order valence-corrected chi connectivity index (χ4v) is 5.02. The van der Waals surface area contributed by atoms with Gasteiger partial charge in [-0.2, -0.15) is 4.31 Å². The first kappa shape index (κ1) is 25.1. The number of ether oxygens (including phenoxy) is 1. The highest BCUT2D eigenvalue weighted by atomic mass is 35.5. The fourth-order valence-electron chi connectivity index (χ4n) is 2.83. The Hall–Kier alpha value is -2.13. The lowest BCUT2D eigenvalue weighted by Gasteiger charge is -2.20. The van der Waals surface area contributed by atoms with Crippen LogP contribution in [0.25, 0.3) is 0 Å². The quantitative estimate of drug-likeness (QED) is 0.544. The number of benzene rings is 2. The number of hydrogen-bond acceptors (Lipinski definition) is 5. The van der Waals surface area contributed by atoms with Crippen LogP contribution in [0.2, 0.25) is 10.0 Å². The number of nitrogens with zero attached hydrogens (tertiary/aromatic N) is 1. The molecule has 1 amide bonds. The van der Waals surface area contributed by atoms with Gasteiger partial charge >= 0.3 is 5.97 Å². The van der Waals surface area contributed by atoms with Crippen LogP contribution in [0.4, 0.5) is 0 Å². The van der Waals surface area contributed by atoms with Crippen LogP contribution in [-0.2, 0) is 26.1 Å². The van der Waals surface area contributed by atoms with Gasteiger partial charge in [0.05, 0.1) is 10.5 Å². The van der Waals surface area contributed by atoms with Gasteiger partial charge in [-0.1, -0.05) is 49.2 Å². The van der Waals surface area contributed by atoms with Crippen molar-refractivity contribution in [3.8, 4) is 0 Å². The topological polar surface area (TPSA) is 92.8 Å². The Bertz CT molecular complexity index is 1070. The summed E-state index contributed by atoms with van der Waals surface area (Å²) in [7, 11) is -3.74. The third-order valence-electron chi connectivity index (χ3n) is 4.57. The second kappa shape index (κ2) is 10.9. The molecule has 0 aliphatic carbocycles. The van der Waals surface area contributed by atoms with Crippen LogP contribution >= 0.6 is 23.2 Å². The lowest BCUT2D eigenvalue weighted by molar-refractivity contribution is -0.124. The Labute approximate surface area is 192 Å². The van der Waals surface area contributed by atoms with Crippen LogP contribution in [-0.4, -0.2) is 44.3 Å². The van der Waals surface area contributed by atoms with Crippen LogP contribution in [0.5, 0.6) is 0 Å². The summed E-state index contributed by atoms with van der Waals surface area (Å²) in [6.45, 7) is 5.38. The third kappa shape index (κ3) is 6.43. The first-order valence-electron chi connectivity index (χ1n) is 9.58. The maximum atomic E-state index is 12.8. The van der Waals surface area contributed by atoms with E-state index in [0.717, 1.165) is 0 Å². The summed E-state index contributed by atoms with van der Waals surface area (Å²) in [4.78, 5) is 24.4. The summed E-state index contributed by atoms with van der Waals surface area (Å²) in [6, 6.07) is 9.17. The minimum absolute atomic E-state index is 0.0347. The summed E-state index contributed by atoms with van der Waals surface area (Å²) in [6.07, 6.45) is 0. The molecule has 2 rings (SSSR count). The van der Waals surface area contributed by atoms with Gasteiger partial charge in [0.25, 0.3) is 5.91 Å². The Kier molecular flexibility index (Phi) is 8.88. The molecular formula is C21H24Cl2N2O5S. The molecule has 0 unspecified atom stereocenters. The van der Waals surface area contributed by atoms with E-state index in [1.54, 1.807) is 39.0 Å². The highest BCUT2D eigenvalue weighted by molar-refractivity contribution is 7.89. The number of nitrogens with one attached hydrogen (secondary N) is 1. The molecule has 168 valence electrons. The standard InChI is InChI=1S/C21H24Cl2N2O5S/c1-4-25(5-2)31(28,29)19-10-15(7-6-14(19)3)21(27)30-13-20(26)24-12-16-8-9-17(22)11-18(16)23/h6-11H,4-5,12-13H2,1-3H3,(H,24,26). The first-order chi connectivity index (χ1) is 14.6. The maximum Gasteiger partial charge on any atom is 0.338 e. The molecule has 0 aromatic heterocycles. The van der Waals surface area contributed by atoms with Gasteiger partial charge in [0, 0.05) is 29.7 Å². The van der Waals surface area contributed by atoms with Gasteiger partial charge in [-0.05, 0) is 42.3 Å². The normalized spacial score (nSPS) is 11.4. The van der Waals surface area contributed by atoms with Crippen molar-refractivity contribution >= 4 is 45.1 Å². The van der Waals surface area contributed by atoms with E-state index in [2.05, 4.69) is 5.32 Å². The highest BCUT2D eigenvalue weighted by Crippen LogP contribution is 2.22. The van der Waals surface area contributed by atoms with Crippen LogP contribution in [0.1, 0.15) is 35.3 Å². The molecule has 2 aromatic rings. The predicted octanol–water partition coefficient (Wildman–Crippen LogP) is 3.81. The van der Waals surface area contributed by atoms with Crippen molar-refractivity contribution in [3.63, 3.8) is 0 Å². The lowest BCUT2D eigenvalue weighted by Crippen LogP contribution is -2.31. The van der Waals surface area contributed by atoms with Crippen LogP contribution in [0.15, 0.2) is 41.3 Å². The molecule has 0 saturated carbocycles. The molecule has 1 N–H and O–H groups in total. The number of halogens is 2. The molecule has 31 heavy (non-hydrogen) atoms. The summed E-state index contributed by atoms with van der Waals surface area (Å²) in [5.41, 5.74) is 1.22. The average Bonchev–Trinajstić information content (AvgIpc) is 2.72. The van der Waals surface area contributed by atoms with Crippen molar-refractivity contribution in [2.24, 2.45) is 0 Å². The largest absolute Gasteiger partial charge is 0.452 e. The van der Waals surface area contributed by atoms with Crippen molar-refractivity contribution in [2.75, 3.05) is 19.7 Å². The summed E-state index contributed by atoms with van der Waals surface area (Å²) in [5, 5.41) is 3.48. The molecule has 7 nitrogen and oxygen atoms in total. The number of esters is 1. The van der Waals surface area contributed by atoms with E-state index in [1.807, 2.05) is 0 Å². The zero-order chi connectivity index (χ0) is 23.2. The summed E-state index contributed by atoms with van der Waals surface area (Å²) in [5.74, 6) is -1.32. The van der Waals surface area contributed by atoms with E-state index < -0.39 is 28.5 Å². The summed E-state index contributed by atoms with van der Waals surface area (Å²) < 4.78 is 32.0. The molecule has 0 spiro atoms. The number of carbonyl (C=O) groups is 2. The van der Waals surface area contributed by atoms with Gasteiger partial charge < -0.3 is 10.1 Å². The van der Waals surface area contributed by atoms with Crippen molar-refractivity contribution in [1.82, 2.24) is 9.62 Å². The predicted molar refractivity (Wildman–Crippen MR) is 120 cm³/mol. The number of hydrogen-bond donors (Lipinski definition) is 1. The number of rotatable bonds is 9. The van der Waals surface area contributed by atoms with Gasteiger partial charge in [-0.3, -0.25) is 4.79 Å². The maximum absolute atomic E-state index is 12.8. The van der Waals surface area contributed by atoms with E-state index in [4.69, 9.17) is 27.9 Å². The summed E-state index contributed by atoms with van der Waals surface area (Å²) >= 11 is 11.9. The van der Waals surface area contributed by atoms with E-state index in [1.165, 1.54) is 22.5 Å². The molecule has 10 heteroatoms. The zero-order valence-corrected chi connectivity index (χ0v) is 19.8. The monoisotopic (exact) mass is 486 g/mol. The molecule has 0 aliphatic heterocycles. The van der Waals surface area contributed by atoms with Gasteiger partial charge in [-0.15, -0.1) is 0 Å². The number of aryl methyl sites for hydroxylation is 1. The number of amides is 1. The first-order valence-corrected chi connectivity index (χ1v) is 11.8. The van der Waals surface area contributed by atoms with Crippen molar-refractivity contribution in [1.29, 1.82) is 0 Å². The highest BCUT2D eigenvalue weighted by Gasteiger charge is 2.25.